The van der Waals surface area contributed by atoms with Gasteiger partial charge in [0.25, 0.3) is 0 Å². The maximum atomic E-state index is 10.0. The average Bonchev–Trinajstić information content (AvgIpc) is 3.43. The van der Waals surface area contributed by atoms with Gasteiger partial charge in [-0.15, -0.1) is 0 Å². The van der Waals surface area contributed by atoms with Gasteiger partial charge in [-0.25, -0.2) is 4.68 Å². The molecule has 0 spiro atoms. The van der Waals surface area contributed by atoms with E-state index in [4.69, 9.17) is 19.3 Å². The van der Waals surface area contributed by atoms with Crippen molar-refractivity contribution in [1.29, 1.82) is 0 Å². The van der Waals surface area contributed by atoms with Crippen molar-refractivity contribution in [2.45, 2.75) is 57.6 Å². The summed E-state index contributed by atoms with van der Waals surface area (Å²) in [6.07, 6.45) is 14.1. The summed E-state index contributed by atoms with van der Waals surface area (Å²) in [5.41, 5.74) is 2.75. The molecular weight excluding hydrogens is 408 g/mol. The zero-order valence-corrected chi connectivity index (χ0v) is 18.2. The summed E-state index contributed by atoms with van der Waals surface area (Å²) in [7, 11) is 0. The van der Waals surface area contributed by atoms with Crippen LogP contribution < -0.4 is 0 Å². The Labute approximate surface area is 187 Å². The molecule has 32 heavy (non-hydrogen) atoms. The van der Waals surface area contributed by atoms with Gasteiger partial charge >= 0.3 is 0 Å². The Morgan fingerprint density at radius 2 is 1.97 bits per heavy atom. The van der Waals surface area contributed by atoms with Crippen LogP contribution in [0.15, 0.2) is 30.6 Å². The zero-order valence-electron chi connectivity index (χ0n) is 18.2. The number of hydrogen-bond acceptors (Lipinski definition) is 6. The standard InChI is InChI=1S/C24H30N4O4/c29-19-8-10-22-20(15-19)21(26-28(22)23-5-1-3-12-30-23)9-7-18-16-25-27(17-18)11-14-32-24-6-2-4-13-31-24/h7-10,15-17,23-24,29H,1-6,11-14H2/b9-7+/t23-,24-/m0/s1. The summed E-state index contributed by atoms with van der Waals surface area (Å²) in [4.78, 5) is 0. The van der Waals surface area contributed by atoms with Gasteiger partial charge in [-0.2, -0.15) is 10.2 Å². The molecule has 0 radical (unpaired) electrons. The third kappa shape index (κ3) is 4.87. The van der Waals surface area contributed by atoms with Gasteiger partial charge < -0.3 is 19.3 Å². The second-order valence-electron chi connectivity index (χ2n) is 8.39. The van der Waals surface area contributed by atoms with E-state index in [-0.39, 0.29) is 18.3 Å². The van der Waals surface area contributed by atoms with E-state index in [2.05, 4.69) is 5.10 Å². The molecule has 2 fully saturated rings. The molecule has 2 saturated heterocycles. The van der Waals surface area contributed by atoms with Gasteiger partial charge in [-0.3, -0.25) is 4.68 Å². The number of hydrogen-bond donors (Lipinski definition) is 1. The summed E-state index contributed by atoms with van der Waals surface area (Å²) in [6.45, 7) is 2.80. The lowest BCUT2D eigenvalue weighted by Gasteiger charge is -2.23. The quantitative estimate of drug-likeness (QED) is 0.590. The van der Waals surface area contributed by atoms with Crippen LogP contribution in [-0.4, -0.2) is 50.8 Å². The van der Waals surface area contributed by atoms with Crippen LogP contribution in [-0.2, 0) is 20.8 Å². The van der Waals surface area contributed by atoms with Crippen molar-refractivity contribution in [2.24, 2.45) is 0 Å². The first-order valence-corrected chi connectivity index (χ1v) is 11.5. The largest absolute Gasteiger partial charge is 0.508 e. The van der Waals surface area contributed by atoms with Crippen LogP contribution in [0, 0.1) is 0 Å². The number of phenolic OH excluding ortho intramolecular Hbond substituents is 1. The van der Waals surface area contributed by atoms with E-state index in [0.717, 1.165) is 73.9 Å². The Morgan fingerprint density at radius 1 is 1.09 bits per heavy atom. The molecule has 1 aromatic carbocycles. The number of nitrogens with zero attached hydrogens (tertiary/aromatic N) is 4. The molecule has 0 unspecified atom stereocenters. The number of aromatic hydroxyl groups is 1. The molecule has 2 aliphatic heterocycles. The lowest BCUT2D eigenvalue weighted by molar-refractivity contribution is -0.163. The highest BCUT2D eigenvalue weighted by Gasteiger charge is 2.20. The average molecular weight is 439 g/mol. The molecule has 0 bridgehead atoms. The molecule has 170 valence electrons. The van der Waals surface area contributed by atoms with Crippen LogP contribution in [0.3, 0.4) is 0 Å². The van der Waals surface area contributed by atoms with Crippen LogP contribution in [0.5, 0.6) is 5.75 Å². The van der Waals surface area contributed by atoms with Crippen molar-refractivity contribution in [1.82, 2.24) is 19.6 Å². The third-order valence-electron chi connectivity index (χ3n) is 6.00. The minimum atomic E-state index is -0.0772. The van der Waals surface area contributed by atoms with Crippen molar-refractivity contribution in [3.05, 3.63) is 41.9 Å². The molecule has 2 atom stereocenters. The second-order valence-corrected chi connectivity index (χ2v) is 8.39. The fourth-order valence-electron chi connectivity index (χ4n) is 4.30. The summed E-state index contributed by atoms with van der Waals surface area (Å²) in [5, 5.41) is 20.2. The predicted molar refractivity (Wildman–Crippen MR) is 121 cm³/mol. The van der Waals surface area contributed by atoms with Crippen LogP contribution in [0.1, 0.15) is 56.0 Å². The van der Waals surface area contributed by atoms with Crippen molar-refractivity contribution in [2.75, 3.05) is 19.8 Å². The lowest BCUT2D eigenvalue weighted by Crippen LogP contribution is -2.24. The van der Waals surface area contributed by atoms with Gasteiger partial charge in [0, 0.05) is 30.4 Å². The highest BCUT2D eigenvalue weighted by Crippen LogP contribution is 2.30. The number of fused-ring (bicyclic) bond motifs is 1. The minimum absolute atomic E-state index is 0.0613. The topological polar surface area (TPSA) is 83.6 Å². The Balaban J connectivity index is 1.28. The highest BCUT2D eigenvalue weighted by atomic mass is 16.7. The van der Waals surface area contributed by atoms with Crippen molar-refractivity contribution in [3.8, 4) is 5.75 Å². The molecule has 0 amide bonds. The van der Waals surface area contributed by atoms with E-state index < -0.39 is 0 Å². The number of aromatic nitrogens is 4. The predicted octanol–water partition coefficient (Wildman–Crippen LogP) is 4.35. The Hall–Kier alpha value is -2.68. The minimum Gasteiger partial charge on any atom is -0.508 e. The molecule has 8 nitrogen and oxygen atoms in total. The third-order valence-corrected chi connectivity index (χ3v) is 6.00. The molecule has 5 rings (SSSR count). The molecule has 0 aliphatic carbocycles. The van der Waals surface area contributed by atoms with Crippen molar-refractivity contribution in [3.63, 3.8) is 0 Å². The summed E-state index contributed by atoms with van der Waals surface area (Å²) in [6, 6.07) is 5.36. The Kier molecular flexibility index (Phi) is 6.52. The Morgan fingerprint density at radius 3 is 2.78 bits per heavy atom. The van der Waals surface area contributed by atoms with Crippen LogP contribution in [0.2, 0.25) is 0 Å². The van der Waals surface area contributed by atoms with Gasteiger partial charge in [-0.1, -0.05) is 0 Å². The van der Waals surface area contributed by atoms with Gasteiger partial charge in [0.1, 0.15) is 5.75 Å². The molecular formula is C24H30N4O4. The van der Waals surface area contributed by atoms with E-state index in [1.54, 1.807) is 12.1 Å². The van der Waals surface area contributed by atoms with E-state index in [1.165, 1.54) is 0 Å². The first-order chi connectivity index (χ1) is 15.8. The molecule has 2 aromatic heterocycles. The molecule has 1 N–H and O–H groups in total. The van der Waals surface area contributed by atoms with E-state index in [0.29, 0.717) is 13.2 Å². The van der Waals surface area contributed by atoms with E-state index in [1.807, 2.05) is 40.0 Å². The number of benzene rings is 1. The number of ether oxygens (including phenoxy) is 3. The first kappa shape index (κ1) is 21.2. The van der Waals surface area contributed by atoms with E-state index in [9.17, 15) is 5.11 Å². The molecule has 0 saturated carbocycles. The molecule has 2 aliphatic rings. The lowest BCUT2D eigenvalue weighted by atomic mass is 10.1. The summed E-state index contributed by atoms with van der Waals surface area (Å²) in [5.74, 6) is 0.228. The monoisotopic (exact) mass is 438 g/mol. The summed E-state index contributed by atoms with van der Waals surface area (Å²) >= 11 is 0. The van der Waals surface area contributed by atoms with Crippen molar-refractivity contribution < 1.29 is 19.3 Å². The normalized spacial score (nSPS) is 22.1. The first-order valence-electron chi connectivity index (χ1n) is 11.5. The van der Waals surface area contributed by atoms with Gasteiger partial charge in [-0.05, 0) is 68.9 Å². The van der Waals surface area contributed by atoms with Gasteiger partial charge in [0.15, 0.2) is 12.5 Å². The maximum absolute atomic E-state index is 10.0. The Bertz CT molecular complexity index is 1060. The van der Waals surface area contributed by atoms with Crippen LogP contribution >= 0.6 is 0 Å². The van der Waals surface area contributed by atoms with E-state index >= 15 is 0 Å². The zero-order chi connectivity index (χ0) is 21.8. The maximum Gasteiger partial charge on any atom is 0.157 e. The van der Waals surface area contributed by atoms with Crippen molar-refractivity contribution >= 4 is 23.1 Å². The highest BCUT2D eigenvalue weighted by molar-refractivity contribution is 5.90. The van der Waals surface area contributed by atoms with Crippen LogP contribution in [0.4, 0.5) is 0 Å². The second kappa shape index (κ2) is 9.85. The van der Waals surface area contributed by atoms with Gasteiger partial charge in [0.05, 0.1) is 30.6 Å². The summed E-state index contributed by atoms with van der Waals surface area (Å²) < 4.78 is 21.2. The molecule has 4 heterocycles. The number of rotatable bonds is 7. The number of phenols is 1. The van der Waals surface area contributed by atoms with Gasteiger partial charge in [0.2, 0.25) is 0 Å². The fourth-order valence-corrected chi connectivity index (χ4v) is 4.30. The smallest absolute Gasteiger partial charge is 0.157 e. The molecule has 3 aromatic rings. The SMILES string of the molecule is Oc1ccc2c(c1)c(/C=C/c1cnn(CCO[C@H]3CCCCO3)c1)nn2[C@@H]1CCCCO1. The van der Waals surface area contributed by atoms with Crippen LogP contribution in [0.25, 0.3) is 23.1 Å². The molecule has 8 heteroatoms. The fraction of sp³-hybridized carbons (Fsp3) is 0.500.